The summed E-state index contributed by atoms with van der Waals surface area (Å²) < 4.78 is 11.5. The maximum atomic E-state index is 12.6. The topological polar surface area (TPSA) is 68.7 Å². The molecule has 1 amide bonds. The average molecular weight is 342 g/mol. The second-order valence-electron chi connectivity index (χ2n) is 7.32. The van der Waals surface area contributed by atoms with E-state index in [0.29, 0.717) is 31.2 Å². The summed E-state index contributed by atoms with van der Waals surface area (Å²) in [5, 5.41) is 0. The fourth-order valence-electron chi connectivity index (χ4n) is 3.20. The summed E-state index contributed by atoms with van der Waals surface area (Å²) in [5.41, 5.74) is 8.11. The maximum Gasteiger partial charge on any atom is 0.289 e. The van der Waals surface area contributed by atoms with Crippen LogP contribution in [0.3, 0.4) is 0 Å². The molecule has 1 atom stereocenters. The Hall–Kier alpha value is -2.27. The molecule has 3 rings (SSSR count). The quantitative estimate of drug-likeness (QED) is 0.905. The van der Waals surface area contributed by atoms with Gasteiger partial charge in [0.1, 0.15) is 18.1 Å². The molecule has 1 aliphatic rings. The number of furan rings is 1. The highest BCUT2D eigenvalue weighted by Gasteiger charge is 2.36. The molecule has 0 aliphatic carbocycles. The van der Waals surface area contributed by atoms with Gasteiger partial charge in [-0.3, -0.25) is 4.79 Å². The normalized spacial score (nSPS) is 20.1. The Labute approximate surface area is 148 Å². The van der Waals surface area contributed by atoms with E-state index in [0.717, 1.165) is 24.3 Å². The van der Waals surface area contributed by atoms with Crippen LogP contribution in [0.25, 0.3) is 0 Å². The number of nitrogens with two attached hydrogens (primary N) is 1. The smallest absolute Gasteiger partial charge is 0.289 e. The number of aryl methyl sites for hydroxylation is 2. The van der Waals surface area contributed by atoms with Crippen LogP contribution in [0.4, 0.5) is 0 Å². The molecule has 1 aromatic carbocycles. The Bertz CT molecular complexity index is 768. The predicted molar refractivity (Wildman–Crippen MR) is 96.6 cm³/mol. The number of hydrogen-bond donors (Lipinski definition) is 1. The molecule has 5 heteroatoms. The molecule has 134 valence electrons. The molecule has 1 saturated heterocycles. The predicted octanol–water partition coefficient (Wildman–Crippen LogP) is 3.29. The van der Waals surface area contributed by atoms with Gasteiger partial charge in [0.05, 0.1) is 0 Å². The van der Waals surface area contributed by atoms with E-state index in [1.807, 2.05) is 24.0 Å². The third-order valence-electron chi connectivity index (χ3n) is 4.91. The van der Waals surface area contributed by atoms with E-state index in [-0.39, 0.29) is 11.3 Å². The van der Waals surface area contributed by atoms with E-state index in [1.165, 1.54) is 5.56 Å². The van der Waals surface area contributed by atoms with Gasteiger partial charge in [-0.1, -0.05) is 24.6 Å². The monoisotopic (exact) mass is 342 g/mol. The molecule has 2 heterocycles. The molecule has 5 nitrogen and oxygen atoms in total. The fraction of sp³-hybridized carbons (Fsp3) is 0.450. The van der Waals surface area contributed by atoms with Crippen LogP contribution >= 0.6 is 0 Å². The van der Waals surface area contributed by atoms with Crippen molar-refractivity contribution >= 4 is 5.91 Å². The van der Waals surface area contributed by atoms with Gasteiger partial charge in [-0.25, -0.2) is 0 Å². The highest BCUT2D eigenvalue weighted by atomic mass is 16.5. The van der Waals surface area contributed by atoms with Crippen LogP contribution in [0.1, 0.15) is 40.8 Å². The summed E-state index contributed by atoms with van der Waals surface area (Å²) in [6.07, 6.45) is 0.929. The number of hydrogen-bond acceptors (Lipinski definition) is 4. The number of likely N-dealkylation sites (tertiary alicyclic amines) is 1. The second-order valence-corrected chi connectivity index (χ2v) is 7.32. The SMILES string of the molecule is Cc1ccc(OCc2ccc(C(=O)N3CCC(C)(CN)C3)o2)c(C)c1. The molecule has 0 saturated carbocycles. The molecule has 0 radical (unpaired) electrons. The maximum absolute atomic E-state index is 12.6. The van der Waals surface area contributed by atoms with Crippen molar-refractivity contribution in [2.75, 3.05) is 19.6 Å². The first-order chi connectivity index (χ1) is 11.9. The van der Waals surface area contributed by atoms with Crippen molar-refractivity contribution in [2.24, 2.45) is 11.1 Å². The Morgan fingerprint density at radius 2 is 2.12 bits per heavy atom. The van der Waals surface area contributed by atoms with Gasteiger partial charge in [0.25, 0.3) is 5.91 Å². The zero-order chi connectivity index (χ0) is 18.0. The van der Waals surface area contributed by atoms with E-state index in [9.17, 15) is 4.79 Å². The molecule has 25 heavy (non-hydrogen) atoms. The Kier molecular flexibility index (Phi) is 4.86. The van der Waals surface area contributed by atoms with Crippen molar-refractivity contribution in [3.05, 3.63) is 53.0 Å². The minimum absolute atomic E-state index is 0.0111. The number of ether oxygens (including phenoxy) is 1. The molecule has 2 N–H and O–H groups in total. The first-order valence-electron chi connectivity index (χ1n) is 8.68. The summed E-state index contributed by atoms with van der Waals surface area (Å²) in [7, 11) is 0. The average Bonchev–Trinajstić information content (AvgIpc) is 3.21. The molecule has 2 aromatic rings. The lowest BCUT2D eigenvalue weighted by Crippen LogP contribution is -2.34. The number of nitrogens with zero attached hydrogens (tertiary/aromatic N) is 1. The van der Waals surface area contributed by atoms with Gasteiger partial charge in [0.15, 0.2) is 5.76 Å². The highest BCUT2D eigenvalue weighted by molar-refractivity contribution is 5.91. The van der Waals surface area contributed by atoms with Gasteiger partial charge >= 0.3 is 0 Å². The van der Waals surface area contributed by atoms with Crippen LogP contribution in [0.2, 0.25) is 0 Å². The van der Waals surface area contributed by atoms with Gasteiger partial charge < -0.3 is 19.8 Å². The molecule has 0 spiro atoms. The molecule has 0 bridgehead atoms. The van der Waals surface area contributed by atoms with Crippen LogP contribution in [0.5, 0.6) is 5.75 Å². The zero-order valence-corrected chi connectivity index (χ0v) is 15.2. The Morgan fingerprint density at radius 1 is 1.32 bits per heavy atom. The lowest BCUT2D eigenvalue weighted by molar-refractivity contribution is 0.0741. The molecular weight excluding hydrogens is 316 g/mol. The molecule has 1 aromatic heterocycles. The standard InChI is InChI=1S/C20H26N2O3/c1-14-4-6-17(15(2)10-14)24-11-16-5-7-18(25-16)19(23)22-9-8-20(3,12-21)13-22/h4-7,10H,8-9,11-13,21H2,1-3H3. The van der Waals surface area contributed by atoms with Crippen LogP contribution in [0, 0.1) is 19.3 Å². The van der Waals surface area contributed by atoms with Crippen LogP contribution in [-0.2, 0) is 6.61 Å². The number of amides is 1. The largest absolute Gasteiger partial charge is 0.485 e. The highest BCUT2D eigenvalue weighted by Crippen LogP contribution is 2.30. The fourth-order valence-corrected chi connectivity index (χ4v) is 3.20. The summed E-state index contributed by atoms with van der Waals surface area (Å²) >= 11 is 0. The molecular formula is C20H26N2O3. The Morgan fingerprint density at radius 3 is 2.80 bits per heavy atom. The summed E-state index contributed by atoms with van der Waals surface area (Å²) in [4.78, 5) is 14.4. The first-order valence-corrected chi connectivity index (χ1v) is 8.68. The van der Waals surface area contributed by atoms with Crippen LogP contribution in [-0.4, -0.2) is 30.4 Å². The summed E-state index contributed by atoms with van der Waals surface area (Å²) in [6.45, 7) is 8.47. The van der Waals surface area contributed by atoms with E-state index in [1.54, 1.807) is 12.1 Å². The van der Waals surface area contributed by atoms with E-state index in [4.69, 9.17) is 14.9 Å². The number of carbonyl (C=O) groups is 1. The Balaban J connectivity index is 1.61. The lowest BCUT2D eigenvalue weighted by Gasteiger charge is -2.21. The third kappa shape index (κ3) is 3.87. The van der Waals surface area contributed by atoms with Crippen LogP contribution < -0.4 is 10.5 Å². The minimum Gasteiger partial charge on any atom is -0.485 e. The van der Waals surface area contributed by atoms with Crippen molar-refractivity contribution in [1.82, 2.24) is 4.90 Å². The molecule has 1 fully saturated rings. The van der Waals surface area contributed by atoms with Crippen LogP contribution in [0.15, 0.2) is 34.7 Å². The second kappa shape index (κ2) is 6.92. The van der Waals surface area contributed by atoms with Gasteiger partial charge in [-0.05, 0) is 56.0 Å². The third-order valence-corrected chi connectivity index (χ3v) is 4.91. The van der Waals surface area contributed by atoms with Crippen molar-refractivity contribution in [3.8, 4) is 5.75 Å². The van der Waals surface area contributed by atoms with Gasteiger partial charge in [-0.2, -0.15) is 0 Å². The molecule has 1 aliphatic heterocycles. The first kappa shape index (κ1) is 17.5. The minimum atomic E-state index is -0.0741. The molecule has 1 unspecified atom stereocenters. The summed E-state index contributed by atoms with van der Waals surface area (Å²) in [6, 6.07) is 9.57. The van der Waals surface area contributed by atoms with Gasteiger partial charge in [0.2, 0.25) is 0 Å². The number of rotatable bonds is 5. The number of benzene rings is 1. The van der Waals surface area contributed by atoms with Crippen molar-refractivity contribution < 1.29 is 13.9 Å². The number of carbonyl (C=O) groups excluding carboxylic acids is 1. The van der Waals surface area contributed by atoms with E-state index >= 15 is 0 Å². The van der Waals surface area contributed by atoms with Gasteiger partial charge in [0, 0.05) is 13.1 Å². The summed E-state index contributed by atoms with van der Waals surface area (Å²) in [5.74, 6) is 1.76. The zero-order valence-electron chi connectivity index (χ0n) is 15.2. The van der Waals surface area contributed by atoms with E-state index in [2.05, 4.69) is 19.9 Å². The van der Waals surface area contributed by atoms with E-state index < -0.39 is 0 Å². The van der Waals surface area contributed by atoms with Gasteiger partial charge in [-0.15, -0.1) is 0 Å². The van der Waals surface area contributed by atoms with Crippen molar-refractivity contribution in [3.63, 3.8) is 0 Å². The van der Waals surface area contributed by atoms with Crippen molar-refractivity contribution in [2.45, 2.75) is 33.8 Å². The lowest BCUT2D eigenvalue weighted by atomic mass is 9.90. The van der Waals surface area contributed by atoms with Crippen molar-refractivity contribution in [1.29, 1.82) is 0 Å².